The van der Waals surface area contributed by atoms with Crippen molar-refractivity contribution in [1.29, 1.82) is 0 Å². The van der Waals surface area contributed by atoms with E-state index in [1.165, 1.54) is 0 Å². The molecule has 0 aromatic rings. The predicted octanol–water partition coefficient (Wildman–Crippen LogP) is -2.37. The zero-order valence-corrected chi connectivity index (χ0v) is 15.6. The van der Waals surface area contributed by atoms with Crippen molar-refractivity contribution in [2.75, 3.05) is 6.54 Å². The highest BCUT2D eigenvalue weighted by Crippen LogP contribution is 2.05. The summed E-state index contributed by atoms with van der Waals surface area (Å²) in [5.74, 6) is -4.87. The quantitative estimate of drug-likeness (QED) is 0.145. The van der Waals surface area contributed by atoms with Gasteiger partial charge in [-0.15, -0.1) is 0 Å². The molecule has 0 aliphatic carbocycles. The molecule has 12 nitrogen and oxygen atoms in total. The zero-order chi connectivity index (χ0) is 21.7. The second-order valence-corrected chi connectivity index (χ2v) is 6.29. The van der Waals surface area contributed by atoms with Crippen molar-refractivity contribution in [2.24, 2.45) is 17.2 Å². The molecule has 0 aromatic heterocycles. The maximum absolute atomic E-state index is 12.4. The van der Waals surface area contributed by atoms with Crippen molar-refractivity contribution in [1.82, 2.24) is 10.6 Å². The highest BCUT2D eigenvalue weighted by Gasteiger charge is 2.28. The first-order chi connectivity index (χ1) is 13.1. The van der Waals surface area contributed by atoms with Crippen LogP contribution < -0.4 is 27.8 Å². The van der Waals surface area contributed by atoms with Gasteiger partial charge in [0.25, 0.3) is 0 Å². The van der Waals surface area contributed by atoms with Crippen LogP contribution in [0.15, 0.2) is 0 Å². The van der Waals surface area contributed by atoms with Crippen LogP contribution in [0.2, 0.25) is 0 Å². The lowest BCUT2D eigenvalue weighted by Gasteiger charge is -2.22. The van der Waals surface area contributed by atoms with Crippen molar-refractivity contribution in [3.8, 4) is 0 Å². The molecule has 10 N–H and O–H groups in total. The number of nitrogens with two attached hydrogens (primary N) is 3. The van der Waals surface area contributed by atoms with Crippen LogP contribution in [0, 0.1) is 0 Å². The highest BCUT2D eigenvalue weighted by atomic mass is 16.4. The van der Waals surface area contributed by atoms with Crippen molar-refractivity contribution in [3.63, 3.8) is 0 Å². The number of carbonyl (C=O) groups excluding carboxylic acids is 3. The number of hydrogen-bond donors (Lipinski definition) is 7. The Kier molecular flexibility index (Phi) is 12.1. The van der Waals surface area contributed by atoms with E-state index in [-0.39, 0.29) is 19.3 Å². The number of unbranched alkanes of at least 4 members (excludes halogenated alkanes) is 1. The fraction of sp³-hybridized carbons (Fsp3) is 0.688. The van der Waals surface area contributed by atoms with E-state index in [9.17, 15) is 24.0 Å². The minimum Gasteiger partial charge on any atom is -0.481 e. The Morgan fingerprint density at radius 2 is 1.39 bits per heavy atom. The Bertz CT molecular complexity index is 570. The number of primary amides is 1. The smallest absolute Gasteiger partial charge is 0.326 e. The Labute approximate surface area is 162 Å². The Morgan fingerprint density at radius 1 is 0.821 bits per heavy atom. The summed E-state index contributed by atoms with van der Waals surface area (Å²) in [5.41, 5.74) is 16.1. The van der Waals surface area contributed by atoms with Gasteiger partial charge in [-0.25, -0.2) is 4.79 Å². The molecule has 0 saturated carbocycles. The molecule has 0 aromatic carbocycles. The van der Waals surface area contributed by atoms with E-state index in [2.05, 4.69) is 10.6 Å². The molecule has 160 valence electrons. The van der Waals surface area contributed by atoms with E-state index < -0.39 is 54.2 Å². The van der Waals surface area contributed by atoms with Gasteiger partial charge in [0.1, 0.15) is 12.1 Å². The van der Waals surface area contributed by atoms with Gasteiger partial charge >= 0.3 is 11.9 Å². The van der Waals surface area contributed by atoms with Gasteiger partial charge in [0.15, 0.2) is 0 Å². The number of rotatable bonds is 15. The molecule has 28 heavy (non-hydrogen) atoms. The monoisotopic (exact) mass is 403 g/mol. The van der Waals surface area contributed by atoms with Crippen LogP contribution in [-0.4, -0.2) is 64.5 Å². The summed E-state index contributed by atoms with van der Waals surface area (Å²) in [7, 11) is 0. The van der Waals surface area contributed by atoms with E-state index in [0.717, 1.165) is 0 Å². The van der Waals surface area contributed by atoms with Crippen molar-refractivity contribution in [3.05, 3.63) is 0 Å². The fourth-order valence-electron chi connectivity index (χ4n) is 2.27. The van der Waals surface area contributed by atoms with Gasteiger partial charge in [-0.05, 0) is 32.2 Å². The first kappa shape index (κ1) is 25.3. The normalized spacial score (nSPS) is 13.8. The van der Waals surface area contributed by atoms with E-state index in [1.807, 2.05) is 0 Å². The average molecular weight is 403 g/mol. The summed E-state index contributed by atoms with van der Waals surface area (Å²) >= 11 is 0. The third-order valence-corrected chi connectivity index (χ3v) is 3.88. The van der Waals surface area contributed by atoms with Gasteiger partial charge in [0, 0.05) is 12.8 Å². The van der Waals surface area contributed by atoms with Crippen molar-refractivity contribution >= 4 is 29.7 Å². The lowest BCUT2D eigenvalue weighted by molar-refractivity contribution is -0.143. The third-order valence-electron chi connectivity index (χ3n) is 3.88. The summed E-state index contributed by atoms with van der Waals surface area (Å²) in [6, 6.07) is -3.63. The van der Waals surface area contributed by atoms with Crippen LogP contribution in [0.3, 0.4) is 0 Å². The number of carboxylic acid groups (broad SMARTS) is 2. The van der Waals surface area contributed by atoms with Crippen molar-refractivity contribution in [2.45, 2.75) is 63.1 Å². The lowest BCUT2D eigenvalue weighted by atomic mass is 10.1. The third kappa shape index (κ3) is 11.1. The van der Waals surface area contributed by atoms with Gasteiger partial charge in [0.2, 0.25) is 17.7 Å². The van der Waals surface area contributed by atoms with Crippen LogP contribution >= 0.6 is 0 Å². The fourth-order valence-corrected chi connectivity index (χ4v) is 2.27. The minimum atomic E-state index is -1.41. The Hall–Kier alpha value is -2.73. The lowest BCUT2D eigenvalue weighted by Crippen LogP contribution is -2.54. The maximum Gasteiger partial charge on any atom is 0.326 e. The van der Waals surface area contributed by atoms with Crippen LogP contribution in [0.25, 0.3) is 0 Å². The second-order valence-electron chi connectivity index (χ2n) is 6.29. The molecule has 0 unspecified atom stereocenters. The molecule has 0 aliphatic heterocycles. The second kappa shape index (κ2) is 13.4. The molecule has 0 fully saturated rings. The molecule has 3 atom stereocenters. The molecule has 0 bridgehead atoms. The number of nitrogens with one attached hydrogen (secondary N) is 2. The number of carboxylic acids is 2. The number of amides is 3. The molecule has 0 heterocycles. The minimum absolute atomic E-state index is 0.241. The Morgan fingerprint density at radius 3 is 1.89 bits per heavy atom. The summed E-state index contributed by atoms with van der Waals surface area (Å²) in [6.07, 6.45) is 0.399. The summed E-state index contributed by atoms with van der Waals surface area (Å²) in [4.78, 5) is 57.4. The number of hydrogen-bond acceptors (Lipinski definition) is 7. The molecular weight excluding hydrogens is 374 g/mol. The van der Waals surface area contributed by atoms with E-state index in [0.29, 0.717) is 25.8 Å². The average Bonchev–Trinajstić information content (AvgIpc) is 2.61. The van der Waals surface area contributed by atoms with Gasteiger partial charge in [-0.1, -0.05) is 6.42 Å². The molecule has 0 spiro atoms. The van der Waals surface area contributed by atoms with Gasteiger partial charge in [-0.3, -0.25) is 19.2 Å². The molecule has 0 saturated heterocycles. The van der Waals surface area contributed by atoms with Crippen LogP contribution in [0.4, 0.5) is 0 Å². The molecule has 0 radical (unpaired) electrons. The zero-order valence-electron chi connectivity index (χ0n) is 15.6. The maximum atomic E-state index is 12.4. The standard InChI is InChI=1S/C16H29N5O7/c17-8-2-1-3-9(18)14(25)20-10(5-7-13(23)24)15(26)21-11(16(27)28)4-6-12(19)22/h9-11H,1-8,17-18H2,(H2,19,22)(H,20,25)(H,21,26)(H,23,24)(H,27,28)/t9-,10-,11-/m0/s1. The molecule has 12 heteroatoms. The van der Waals surface area contributed by atoms with E-state index in [4.69, 9.17) is 27.4 Å². The summed E-state index contributed by atoms with van der Waals surface area (Å²) < 4.78 is 0. The molecular formula is C16H29N5O7. The largest absolute Gasteiger partial charge is 0.481 e. The first-order valence-electron chi connectivity index (χ1n) is 8.87. The van der Waals surface area contributed by atoms with Crippen LogP contribution in [-0.2, 0) is 24.0 Å². The predicted molar refractivity (Wildman–Crippen MR) is 97.7 cm³/mol. The van der Waals surface area contributed by atoms with Gasteiger partial charge in [0.05, 0.1) is 6.04 Å². The summed E-state index contributed by atoms with van der Waals surface area (Å²) in [6.45, 7) is 0.444. The van der Waals surface area contributed by atoms with Gasteiger partial charge < -0.3 is 38.0 Å². The van der Waals surface area contributed by atoms with Gasteiger partial charge in [-0.2, -0.15) is 0 Å². The SMILES string of the molecule is NCCCC[C@H](N)C(=O)N[C@@H](CCC(=O)O)C(=O)N[C@@H](CCC(N)=O)C(=O)O. The molecule has 0 aliphatic rings. The summed E-state index contributed by atoms with van der Waals surface area (Å²) in [5, 5.41) is 22.5. The van der Waals surface area contributed by atoms with E-state index in [1.54, 1.807) is 0 Å². The Balaban J connectivity index is 5.01. The van der Waals surface area contributed by atoms with E-state index >= 15 is 0 Å². The van der Waals surface area contributed by atoms with Crippen LogP contribution in [0.1, 0.15) is 44.9 Å². The van der Waals surface area contributed by atoms with Crippen LogP contribution in [0.5, 0.6) is 0 Å². The molecule has 3 amide bonds. The topological polar surface area (TPSA) is 228 Å². The first-order valence-corrected chi connectivity index (χ1v) is 8.87. The number of aliphatic carboxylic acids is 2. The number of carbonyl (C=O) groups is 5. The molecule has 0 rings (SSSR count). The highest BCUT2D eigenvalue weighted by molar-refractivity contribution is 5.92. The van der Waals surface area contributed by atoms with Crippen molar-refractivity contribution < 1.29 is 34.2 Å².